The second kappa shape index (κ2) is 58.2. The molecule has 0 radical (unpaired) electrons. The maximum absolute atomic E-state index is 12.5. The van der Waals surface area contributed by atoms with Crippen LogP contribution in [0.15, 0.2) is 12.2 Å². The molecule has 1 amide bonds. The third-order valence-corrected chi connectivity index (χ3v) is 14.6. The molecule has 0 aromatic carbocycles. The first-order valence-corrected chi connectivity index (χ1v) is 31.0. The van der Waals surface area contributed by atoms with Crippen molar-refractivity contribution in [2.75, 3.05) is 13.2 Å². The molecule has 0 rings (SSSR count). The van der Waals surface area contributed by atoms with Gasteiger partial charge in [0.2, 0.25) is 5.91 Å². The van der Waals surface area contributed by atoms with Crippen molar-refractivity contribution in [3.05, 3.63) is 12.2 Å². The predicted octanol–water partition coefficient (Wildman–Crippen LogP) is 19.2. The molecule has 0 saturated heterocycles. The lowest BCUT2D eigenvalue weighted by molar-refractivity contribution is -0.143. The average molecular weight is 961 g/mol. The lowest BCUT2D eigenvalue weighted by Crippen LogP contribution is -2.45. The Labute approximate surface area is 425 Å². The summed E-state index contributed by atoms with van der Waals surface area (Å²) in [6.07, 6.45) is 69.7. The largest absolute Gasteiger partial charge is 0.466 e. The molecule has 68 heavy (non-hydrogen) atoms. The number of hydrogen-bond donors (Lipinski definition) is 3. The van der Waals surface area contributed by atoms with Crippen molar-refractivity contribution in [3.8, 4) is 0 Å². The van der Waals surface area contributed by atoms with Crippen LogP contribution in [0.3, 0.4) is 0 Å². The predicted molar refractivity (Wildman–Crippen MR) is 297 cm³/mol. The fourth-order valence-corrected chi connectivity index (χ4v) is 9.81. The summed E-state index contributed by atoms with van der Waals surface area (Å²) >= 11 is 0. The Kier molecular flexibility index (Phi) is 57.0. The van der Waals surface area contributed by atoms with Crippen LogP contribution < -0.4 is 5.32 Å². The van der Waals surface area contributed by atoms with Crippen molar-refractivity contribution >= 4 is 11.9 Å². The molecule has 2 unspecified atom stereocenters. The molecule has 6 nitrogen and oxygen atoms in total. The Hall–Kier alpha value is -1.40. The number of ether oxygens (including phenoxy) is 1. The minimum Gasteiger partial charge on any atom is -0.466 e. The summed E-state index contributed by atoms with van der Waals surface area (Å²) in [4.78, 5) is 24.5. The van der Waals surface area contributed by atoms with E-state index in [1.807, 2.05) is 6.08 Å². The molecule has 0 aliphatic rings. The summed E-state index contributed by atoms with van der Waals surface area (Å²) in [6.45, 7) is 4.93. The molecule has 0 aliphatic carbocycles. The Balaban J connectivity index is 3.38. The standard InChI is InChI=1S/C62H121NO5/c1-3-5-7-9-11-13-15-17-28-31-34-38-42-46-50-54-60(65)59(58-64)63-61(66)55-51-47-43-39-35-32-29-26-24-22-20-18-19-21-23-25-27-30-33-37-41-45-49-53-57-68-62(67)56-52-48-44-40-36-16-14-12-10-8-6-4-2/h50,54,59-60,64-65H,3-49,51-53,55-58H2,1-2H3,(H,63,66)/b54-50+. The van der Waals surface area contributed by atoms with Crippen LogP contribution in [-0.2, 0) is 14.3 Å². The number of aliphatic hydroxyl groups excluding tert-OH is 2. The molecule has 0 fully saturated rings. The van der Waals surface area contributed by atoms with Crippen LogP contribution in [0.5, 0.6) is 0 Å². The van der Waals surface area contributed by atoms with E-state index < -0.39 is 12.1 Å². The first-order chi connectivity index (χ1) is 33.5. The number of rotatable bonds is 58. The van der Waals surface area contributed by atoms with E-state index >= 15 is 0 Å². The van der Waals surface area contributed by atoms with E-state index in [0.29, 0.717) is 19.4 Å². The zero-order valence-corrected chi connectivity index (χ0v) is 46.1. The van der Waals surface area contributed by atoms with Gasteiger partial charge in [0.15, 0.2) is 0 Å². The molecule has 0 aliphatic heterocycles. The topological polar surface area (TPSA) is 95.9 Å². The second-order valence-electron chi connectivity index (χ2n) is 21.4. The van der Waals surface area contributed by atoms with Crippen molar-refractivity contribution in [1.29, 1.82) is 0 Å². The van der Waals surface area contributed by atoms with Crippen LogP contribution in [0.4, 0.5) is 0 Å². The molecule has 6 heteroatoms. The van der Waals surface area contributed by atoms with Crippen LogP contribution in [-0.4, -0.2) is 47.4 Å². The van der Waals surface area contributed by atoms with Crippen molar-refractivity contribution < 1.29 is 24.5 Å². The lowest BCUT2D eigenvalue weighted by Gasteiger charge is -2.20. The Morgan fingerprint density at radius 2 is 0.676 bits per heavy atom. The number of unbranched alkanes of at least 4 members (excludes halogenated alkanes) is 47. The van der Waals surface area contributed by atoms with Gasteiger partial charge in [0.25, 0.3) is 0 Å². The van der Waals surface area contributed by atoms with Crippen molar-refractivity contribution in [3.63, 3.8) is 0 Å². The van der Waals surface area contributed by atoms with E-state index in [2.05, 4.69) is 19.2 Å². The highest BCUT2D eigenvalue weighted by atomic mass is 16.5. The van der Waals surface area contributed by atoms with E-state index in [9.17, 15) is 19.8 Å². The summed E-state index contributed by atoms with van der Waals surface area (Å²) in [5.74, 6) is -0.0484. The van der Waals surface area contributed by atoms with Gasteiger partial charge in [-0.25, -0.2) is 0 Å². The van der Waals surface area contributed by atoms with Crippen LogP contribution in [0.1, 0.15) is 348 Å². The van der Waals surface area contributed by atoms with Gasteiger partial charge in [0.05, 0.1) is 25.4 Å². The molecule has 2 atom stereocenters. The summed E-state index contributed by atoms with van der Waals surface area (Å²) in [5.41, 5.74) is 0. The van der Waals surface area contributed by atoms with Crippen molar-refractivity contribution in [1.82, 2.24) is 5.32 Å². The van der Waals surface area contributed by atoms with Gasteiger partial charge in [-0.05, 0) is 32.1 Å². The lowest BCUT2D eigenvalue weighted by atomic mass is 10.0. The number of esters is 1. The van der Waals surface area contributed by atoms with E-state index in [1.54, 1.807) is 6.08 Å². The quantitative estimate of drug-likeness (QED) is 0.0321. The molecular weight excluding hydrogens is 839 g/mol. The van der Waals surface area contributed by atoms with Gasteiger partial charge in [0.1, 0.15) is 0 Å². The summed E-state index contributed by atoms with van der Waals surface area (Å²) in [5, 5.41) is 23.1. The molecule has 0 aromatic rings. The maximum Gasteiger partial charge on any atom is 0.305 e. The van der Waals surface area contributed by atoms with Gasteiger partial charge in [-0.3, -0.25) is 9.59 Å². The fourth-order valence-electron chi connectivity index (χ4n) is 9.81. The molecule has 0 saturated carbocycles. The highest BCUT2D eigenvalue weighted by Crippen LogP contribution is 2.18. The smallest absolute Gasteiger partial charge is 0.305 e. The first kappa shape index (κ1) is 66.6. The monoisotopic (exact) mass is 960 g/mol. The first-order valence-electron chi connectivity index (χ1n) is 31.0. The number of aliphatic hydroxyl groups is 2. The SMILES string of the molecule is CCCCCCCCCCCCCCC/C=C/C(O)C(CO)NC(=O)CCCCCCCCCCCCCCCCCCCCCCCCCCOC(=O)CCCCCCCCCCCCCC. The molecule has 0 aromatic heterocycles. The van der Waals surface area contributed by atoms with Gasteiger partial charge in [-0.15, -0.1) is 0 Å². The number of carbonyl (C=O) groups excluding carboxylic acids is 2. The summed E-state index contributed by atoms with van der Waals surface area (Å²) < 4.78 is 5.48. The minimum atomic E-state index is -0.842. The molecule has 0 heterocycles. The van der Waals surface area contributed by atoms with Crippen LogP contribution in [0.2, 0.25) is 0 Å². The van der Waals surface area contributed by atoms with E-state index in [1.165, 1.54) is 283 Å². The highest BCUT2D eigenvalue weighted by Gasteiger charge is 2.18. The van der Waals surface area contributed by atoms with Crippen LogP contribution in [0, 0.1) is 0 Å². The molecule has 0 spiro atoms. The van der Waals surface area contributed by atoms with E-state index in [-0.39, 0.29) is 18.5 Å². The average Bonchev–Trinajstić information content (AvgIpc) is 3.34. The number of nitrogens with one attached hydrogen (secondary N) is 1. The minimum absolute atomic E-state index is 0.0162. The molecular formula is C62H121NO5. The summed E-state index contributed by atoms with van der Waals surface area (Å²) in [7, 11) is 0. The third-order valence-electron chi connectivity index (χ3n) is 14.6. The van der Waals surface area contributed by atoms with Gasteiger partial charge in [-0.2, -0.15) is 0 Å². The van der Waals surface area contributed by atoms with Crippen LogP contribution in [0.25, 0.3) is 0 Å². The third kappa shape index (κ3) is 53.9. The van der Waals surface area contributed by atoms with E-state index in [4.69, 9.17) is 4.74 Å². The number of allylic oxidation sites excluding steroid dienone is 1. The maximum atomic E-state index is 12.5. The number of amides is 1. The Morgan fingerprint density at radius 3 is 1.00 bits per heavy atom. The van der Waals surface area contributed by atoms with Gasteiger partial charge in [-0.1, -0.05) is 315 Å². The van der Waals surface area contributed by atoms with E-state index in [0.717, 1.165) is 38.5 Å². The zero-order valence-electron chi connectivity index (χ0n) is 46.1. The Morgan fingerprint density at radius 1 is 0.397 bits per heavy atom. The normalized spacial score (nSPS) is 12.6. The summed E-state index contributed by atoms with van der Waals surface area (Å²) in [6, 6.07) is -0.626. The number of carbonyl (C=O) groups is 2. The zero-order chi connectivity index (χ0) is 49.3. The van der Waals surface area contributed by atoms with Gasteiger partial charge >= 0.3 is 5.97 Å². The van der Waals surface area contributed by atoms with Crippen LogP contribution >= 0.6 is 0 Å². The van der Waals surface area contributed by atoms with Crippen molar-refractivity contribution in [2.24, 2.45) is 0 Å². The molecule has 0 bridgehead atoms. The second-order valence-corrected chi connectivity index (χ2v) is 21.4. The molecule has 404 valence electrons. The molecule has 3 N–H and O–H groups in total. The van der Waals surface area contributed by atoms with Gasteiger partial charge in [0, 0.05) is 12.8 Å². The number of hydrogen-bond acceptors (Lipinski definition) is 5. The highest BCUT2D eigenvalue weighted by molar-refractivity contribution is 5.76. The van der Waals surface area contributed by atoms with Gasteiger partial charge < -0.3 is 20.3 Å². The van der Waals surface area contributed by atoms with Crippen molar-refractivity contribution in [2.45, 2.75) is 360 Å². The Bertz CT molecular complexity index is 1020. The fraction of sp³-hybridized carbons (Fsp3) is 0.935.